The largest absolute Gasteiger partial charge is 0.464 e. The van der Waals surface area contributed by atoms with Gasteiger partial charge in [0.2, 0.25) is 0 Å². The zero-order chi connectivity index (χ0) is 14.9. The molecule has 6 heteroatoms. The van der Waals surface area contributed by atoms with E-state index < -0.39 is 12.7 Å². The number of carbonyl (C=O) groups is 1. The van der Waals surface area contributed by atoms with Gasteiger partial charge in [-0.05, 0) is 31.5 Å². The molecule has 0 atom stereocenters. The highest BCUT2D eigenvalue weighted by atomic mass is 19.3. The van der Waals surface area contributed by atoms with Gasteiger partial charge < -0.3 is 9.84 Å². The molecule has 0 fully saturated rings. The Hall–Kier alpha value is -2.37. The molecule has 0 amide bonds. The standard InChI is InChI=1S/C14H13F2NO3/c1-3-4-9-10-5-6-17(14(18)19)12(10)8(2)7-11(9)20-13(15)16/h3-7,13H,1-2H3,(H,18,19)/b4-3-. The Kier molecular flexibility index (Phi) is 3.74. The highest BCUT2D eigenvalue weighted by molar-refractivity contribution is 5.98. The van der Waals surface area contributed by atoms with Crippen molar-refractivity contribution in [2.45, 2.75) is 20.5 Å². The van der Waals surface area contributed by atoms with Crippen LogP contribution in [0.3, 0.4) is 0 Å². The molecule has 1 aromatic heterocycles. The lowest BCUT2D eigenvalue weighted by Gasteiger charge is -2.12. The molecule has 0 spiro atoms. The summed E-state index contributed by atoms with van der Waals surface area (Å²) in [7, 11) is 0. The molecule has 0 radical (unpaired) electrons. The molecule has 0 bridgehead atoms. The van der Waals surface area contributed by atoms with E-state index in [-0.39, 0.29) is 5.75 Å². The van der Waals surface area contributed by atoms with Gasteiger partial charge in [-0.2, -0.15) is 8.78 Å². The molecule has 106 valence electrons. The zero-order valence-electron chi connectivity index (χ0n) is 10.9. The first kappa shape index (κ1) is 14.0. The molecular weight excluding hydrogens is 268 g/mol. The first-order valence-electron chi connectivity index (χ1n) is 5.91. The summed E-state index contributed by atoms with van der Waals surface area (Å²) < 4.78 is 30.5. The second-order valence-electron chi connectivity index (χ2n) is 4.21. The van der Waals surface area contributed by atoms with Crippen molar-refractivity contribution in [3.63, 3.8) is 0 Å². The SMILES string of the molecule is C/C=C\c1c(OC(F)F)cc(C)c2c1ccn2C(=O)O. The number of carboxylic acid groups (broad SMARTS) is 1. The summed E-state index contributed by atoms with van der Waals surface area (Å²) >= 11 is 0. The second kappa shape index (κ2) is 5.32. The molecule has 20 heavy (non-hydrogen) atoms. The number of benzene rings is 1. The van der Waals surface area contributed by atoms with Crippen LogP contribution in [0, 0.1) is 6.92 Å². The number of allylic oxidation sites excluding steroid dienone is 1. The highest BCUT2D eigenvalue weighted by Gasteiger charge is 2.17. The van der Waals surface area contributed by atoms with Crippen LogP contribution in [0.1, 0.15) is 18.1 Å². The summed E-state index contributed by atoms with van der Waals surface area (Å²) in [5.41, 5.74) is 1.46. The summed E-state index contributed by atoms with van der Waals surface area (Å²) in [5.74, 6) is 0.0336. The highest BCUT2D eigenvalue weighted by Crippen LogP contribution is 2.34. The predicted octanol–water partition coefficient (Wildman–Crippen LogP) is 4.11. The molecule has 2 rings (SSSR count). The van der Waals surface area contributed by atoms with Crippen molar-refractivity contribution in [1.82, 2.24) is 4.57 Å². The van der Waals surface area contributed by atoms with E-state index in [1.807, 2.05) is 0 Å². The summed E-state index contributed by atoms with van der Waals surface area (Å²) in [6.07, 6.45) is 3.56. The van der Waals surface area contributed by atoms with Gasteiger partial charge in [-0.1, -0.05) is 12.2 Å². The molecule has 4 nitrogen and oxygen atoms in total. The van der Waals surface area contributed by atoms with Gasteiger partial charge in [0.15, 0.2) is 0 Å². The van der Waals surface area contributed by atoms with Crippen molar-refractivity contribution in [3.05, 3.63) is 35.5 Å². The minimum Gasteiger partial charge on any atom is -0.464 e. The number of halogens is 2. The maximum absolute atomic E-state index is 12.5. The Morgan fingerprint density at radius 3 is 2.75 bits per heavy atom. The maximum Gasteiger partial charge on any atom is 0.416 e. The number of nitrogens with zero attached hydrogens (tertiary/aromatic N) is 1. The van der Waals surface area contributed by atoms with Crippen LogP contribution < -0.4 is 4.74 Å². The van der Waals surface area contributed by atoms with E-state index in [1.54, 1.807) is 32.1 Å². The minimum absolute atomic E-state index is 0.0336. The molecule has 0 saturated carbocycles. The molecular formula is C14H13F2NO3. The van der Waals surface area contributed by atoms with E-state index >= 15 is 0 Å². The lowest BCUT2D eigenvalue weighted by molar-refractivity contribution is -0.0499. The number of fused-ring (bicyclic) bond motifs is 1. The average Bonchev–Trinajstić information content (AvgIpc) is 2.78. The second-order valence-corrected chi connectivity index (χ2v) is 4.21. The average molecular weight is 281 g/mol. The summed E-state index contributed by atoms with van der Waals surface area (Å²) in [6.45, 7) is 0.461. The fourth-order valence-corrected chi connectivity index (χ4v) is 2.22. The normalized spacial score (nSPS) is 11.7. The number of hydrogen-bond donors (Lipinski definition) is 1. The predicted molar refractivity (Wildman–Crippen MR) is 71.4 cm³/mol. The van der Waals surface area contributed by atoms with Crippen molar-refractivity contribution in [3.8, 4) is 5.75 Å². The molecule has 0 unspecified atom stereocenters. The number of aryl methyl sites for hydroxylation is 1. The molecule has 0 saturated heterocycles. The number of alkyl halides is 2. The Bertz CT molecular complexity index is 689. The van der Waals surface area contributed by atoms with Crippen LogP contribution in [-0.4, -0.2) is 22.4 Å². The van der Waals surface area contributed by atoms with E-state index in [1.165, 1.54) is 12.3 Å². The lowest BCUT2D eigenvalue weighted by atomic mass is 10.0. The number of aromatic nitrogens is 1. The Morgan fingerprint density at radius 1 is 1.50 bits per heavy atom. The van der Waals surface area contributed by atoms with Gasteiger partial charge in [0.1, 0.15) is 5.75 Å². The van der Waals surface area contributed by atoms with E-state index in [9.17, 15) is 13.6 Å². The van der Waals surface area contributed by atoms with Gasteiger partial charge in [-0.25, -0.2) is 4.79 Å². The first-order valence-corrected chi connectivity index (χ1v) is 5.91. The molecule has 1 N–H and O–H groups in total. The molecule has 0 aliphatic rings. The smallest absolute Gasteiger partial charge is 0.416 e. The number of ether oxygens (including phenoxy) is 1. The number of rotatable bonds is 3. The Labute approximate surface area is 113 Å². The van der Waals surface area contributed by atoms with Crippen LogP contribution in [0.15, 0.2) is 24.4 Å². The summed E-state index contributed by atoms with van der Waals surface area (Å²) in [4.78, 5) is 11.2. The molecule has 2 aromatic rings. The molecule has 1 heterocycles. The van der Waals surface area contributed by atoms with Crippen molar-refractivity contribution in [1.29, 1.82) is 0 Å². The molecule has 0 aliphatic heterocycles. The Morgan fingerprint density at radius 2 is 2.20 bits per heavy atom. The monoisotopic (exact) mass is 281 g/mol. The van der Waals surface area contributed by atoms with Crippen molar-refractivity contribution < 1.29 is 23.4 Å². The van der Waals surface area contributed by atoms with Gasteiger partial charge >= 0.3 is 12.7 Å². The molecule has 1 aromatic carbocycles. The van der Waals surface area contributed by atoms with Gasteiger partial charge in [0.25, 0.3) is 0 Å². The van der Waals surface area contributed by atoms with Crippen molar-refractivity contribution >= 4 is 23.1 Å². The molecule has 0 aliphatic carbocycles. The van der Waals surface area contributed by atoms with Gasteiger partial charge in [0, 0.05) is 17.1 Å². The van der Waals surface area contributed by atoms with Gasteiger partial charge in [-0.3, -0.25) is 4.57 Å². The third-order valence-electron chi connectivity index (χ3n) is 2.92. The van der Waals surface area contributed by atoms with Crippen LogP contribution in [0.25, 0.3) is 17.0 Å². The summed E-state index contributed by atoms with van der Waals surface area (Å²) in [6, 6.07) is 2.99. The zero-order valence-corrected chi connectivity index (χ0v) is 10.9. The van der Waals surface area contributed by atoms with Crippen LogP contribution in [0.4, 0.5) is 13.6 Å². The van der Waals surface area contributed by atoms with E-state index in [4.69, 9.17) is 5.11 Å². The van der Waals surface area contributed by atoms with Crippen LogP contribution in [-0.2, 0) is 0 Å². The van der Waals surface area contributed by atoms with Crippen LogP contribution in [0.5, 0.6) is 5.75 Å². The van der Waals surface area contributed by atoms with E-state index in [2.05, 4.69) is 4.74 Å². The quantitative estimate of drug-likeness (QED) is 0.921. The summed E-state index contributed by atoms with van der Waals surface area (Å²) in [5, 5.41) is 9.68. The van der Waals surface area contributed by atoms with Crippen LogP contribution >= 0.6 is 0 Å². The van der Waals surface area contributed by atoms with Gasteiger partial charge in [0.05, 0.1) is 5.52 Å². The maximum atomic E-state index is 12.5. The fourth-order valence-electron chi connectivity index (χ4n) is 2.22. The minimum atomic E-state index is -2.93. The third-order valence-corrected chi connectivity index (χ3v) is 2.92. The Balaban J connectivity index is 2.78. The van der Waals surface area contributed by atoms with E-state index in [0.717, 1.165) is 4.57 Å². The van der Waals surface area contributed by atoms with Crippen molar-refractivity contribution in [2.75, 3.05) is 0 Å². The topological polar surface area (TPSA) is 51.5 Å². The first-order chi connectivity index (χ1) is 9.45. The van der Waals surface area contributed by atoms with E-state index in [0.29, 0.717) is 22.0 Å². The number of hydrogen-bond acceptors (Lipinski definition) is 2. The fraction of sp³-hybridized carbons (Fsp3) is 0.214. The third kappa shape index (κ3) is 2.36. The van der Waals surface area contributed by atoms with Crippen LogP contribution in [0.2, 0.25) is 0 Å². The van der Waals surface area contributed by atoms with Crippen molar-refractivity contribution in [2.24, 2.45) is 0 Å². The van der Waals surface area contributed by atoms with Gasteiger partial charge in [-0.15, -0.1) is 0 Å². The lowest BCUT2D eigenvalue weighted by Crippen LogP contribution is -2.08.